The standard InChI is InChI=1S/C17H29N5O3S/c1-13(2)11-22-16(21-5-8-24-9-6-21)19-20-17(22)26-12-15(23)18-10-14-4-3-7-25-14/h13-14H,3-12H2,1-2H3,(H,18,23)/t14-/m1/s1. The third-order valence-corrected chi connectivity index (χ3v) is 5.39. The Balaban J connectivity index is 1.57. The molecule has 26 heavy (non-hydrogen) atoms. The first kappa shape index (κ1) is 19.4. The number of hydrogen-bond acceptors (Lipinski definition) is 7. The van der Waals surface area contributed by atoms with Gasteiger partial charge in [0, 0.05) is 32.8 Å². The lowest BCUT2D eigenvalue weighted by atomic mass is 10.2. The van der Waals surface area contributed by atoms with Gasteiger partial charge in [-0.25, -0.2) is 0 Å². The normalized spacial score (nSPS) is 20.7. The van der Waals surface area contributed by atoms with E-state index in [1.165, 1.54) is 11.8 Å². The van der Waals surface area contributed by atoms with E-state index >= 15 is 0 Å². The maximum absolute atomic E-state index is 12.1. The summed E-state index contributed by atoms with van der Waals surface area (Å²) in [5, 5.41) is 12.5. The van der Waals surface area contributed by atoms with E-state index in [2.05, 4.69) is 38.8 Å². The van der Waals surface area contributed by atoms with E-state index in [0.717, 1.165) is 50.2 Å². The minimum Gasteiger partial charge on any atom is -0.378 e. The molecular formula is C17H29N5O3S. The molecule has 3 rings (SSSR count). The average Bonchev–Trinajstić information content (AvgIpc) is 3.28. The fourth-order valence-electron chi connectivity index (χ4n) is 3.12. The van der Waals surface area contributed by atoms with E-state index < -0.39 is 0 Å². The zero-order valence-electron chi connectivity index (χ0n) is 15.6. The number of amides is 1. The van der Waals surface area contributed by atoms with Crippen LogP contribution in [0.1, 0.15) is 26.7 Å². The van der Waals surface area contributed by atoms with E-state index in [-0.39, 0.29) is 12.0 Å². The highest BCUT2D eigenvalue weighted by molar-refractivity contribution is 7.99. The van der Waals surface area contributed by atoms with E-state index in [9.17, 15) is 4.79 Å². The molecule has 8 nitrogen and oxygen atoms in total. The molecule has 0 aromatic carbocycles. The fraction of sp³-hybridized carbons (Fsp3) is 0.824. The van der Waals surface area contributed by atoms with Crippen molar-refractivity contribution in [2.75, 3.05) is 50.1 Å². The Morgan fingerprint density at radius 1 is 1.31 bits per heavy atom. The van der Waals surface area contributed by atoms with Crippen molar-refractivity contribution in [2.45, 2.75) is 44.5 Å². The number of carbonyl (C=O) groups is 1. The van der Waals surface area contributed by atoms with Crippen molar-refractivity contribution < 1.29 is 14.3 Å². The van der Waals surface area contributed by atoms with Crippen molar-refractivity contribution in [1.29, 1.82) is 0 Å². The minimum absolute atomic E-state index is 0.0116. The van der Waals surface area contributed by atoms with Gasteiger partial charge in [0.05, 0.1) is 25.1 Å². The number of morpholine rings is 1. The molecule has 0 aliphatic carbocycles. The summed E-state index contributed by atoms with van der Waals surface area (Å²) < 4.78 is 13.1. The van der Waals surface area contributed by atoms with Crippen LogP contribution in [0.2, 0.25) is 0 Å². The van der Waals surface area contributed by atoms with Crippen LogP contribution in [0.4, 0.5) is 5.95 Å². The molecule has 1 atom stereocenters. The molecule has 146 valence electrons. The van der Waals surface area contributed by atoms with Gasteiger partial charge in [0.15, 0.2) is 5.16 Å². The summed E-state index contributed by atoms with van der Waals surface area (Å²) in [5.74, 6) is 1.70. The molecule has 0 bridgehead atoms. The number of nitrogens with zero attached hydrogens (tertiary/aromatic N) is 4. The number of ether oxygens (including phenoxy) is 2. The van der Waals surface area contributed by atoms with Crippen LogP contribution in [-0.2, 0) is 20.8 Å². The van der Waals surface area contributed by atoms with Gasteiger partial charge >= 0.3 is 0 Å². The molecule has 0 saturated carbocycles. The second kappa shape index (κ2) is 9.57. The fourth-order valence-corrected chi connectivity index (χ4v) is 3.90. The summed E-state index contributed by atoms with van der Waals surface area (Å²) in [6, 6.07) is 0. The van der Waals surface area contributed by atoms with Crippen LogP contribution < -0.4 is 10.2 Å². The second-order valence-corrected chi connectivity index (χ2v) is 8.06. The highest BCUT2D eigenvalue weighted by atomic mass is 32.2. The van der Waals surface area contributed by atoms with Crippen molar-refractivity contribution in [2.24, 2.45) is 5.92 Å². The number of anilines is 1. The third-order valence-electron chi connectivity index (χ3n) is 4.42. The van der Waals surface area contributed by atoms with Crippen molar-refractivity contribution in [1.82, 2.24) is 20.1 Å². The van der Waals surface area contributed by atoms with E-state index in [0.29, 0.717) is 31.4 Å². The molecule has 2 aliphatic heterocycles. The molecule has 2 fully saturated rings. The van der Waals surface area contributed by atoms with Gasteiger partial charge in [-0.15, -0.1) is 10.2 Å². The van der Waals surface area contributed by atoms with Gasteiger partial charge in [-0.05, 0) is 18.8 Å². The molecular weight excluding hydrogens is 354 g/mol. The lowest BCUT2D eigenvalue weighted by molar-refractivity contribution is -0.119. The second-order valence-electron chi connectivity index (χ2n) is 7.11. The van der Waals surface area contributed by atoms with Gasteiger partial charge in [-0.1, -0.05) is 25.6 Å². The monoisotopic (exact) mass is 383 g/mol. The third kappa shape index (κ3) is 5.34. The molecule has 3 heterocycles. The Labute approximate surface area is 159 Å². The van der Waals surface area contributed by atoms with Crippen LogP contribution in [0.25, 0.3) is 0 Å². The number of thioether (sulfide) groups is 1. The van der Waals surface area contributed by atoms with Crippen LogP contribution in [0, 0.1) is 5.92 Å². The van der Waals surface area contributed by atoms with Crippen molar-refractivity contribution in [3.8, 4) is 0 Å². The van der Waals surface area contributed by atoms with E-state index in [4.69, 9.17) is 9.47 Å². The summed E-state index contributed by atoms with van der Waals surface area (Å²) in [6.07, 6.45) is 2.28. The number of rotatable bonds is 8. The van der Waals surface area contributed by atoms with Crippen LogP contribution in [0.5, 0.6) is 0 Å². The maximum Gasteiger partial charge on any atom is 0.230 e. The van der Waals surface area contributed by atoms with Gasteiger partial charge < -0.3 is 19.7 Å². The molecule has 1 N–H and O–H groups in total. The Morgan fingerprint density at radius 2 is 2.12 bits per heavy atom. The predicted octanol–water partition coefficient (Wildman–Crippen LogP) is 1.16. The first-order valence-electron chi connectivity index (χ1n) is 9.40. The molecule has 1 aromatic heterocycles. The summed E-state index contributed by atoms with van der Waals surface area (Å²) in [7, 11) is 0. The summed E-state index contributed by atoms with van der Waals surface area (Å²) >= 11 is 1.44. The van der Waals surface area contributed by atoms with Crippen molar-refractivity contribution in [3.05, 3.63) is 0 Å². The van der Waals surface area contributed by atoms with Gasteiger partial charge in [-0.2, -0.15) is 0 Å². The predicted molar refractivity (Wildman–Crippen MR) is 101 cm³/mol. The maximum atomic E-state index is 12.1. The quantitative estimate of drug-likeness (QED) is 0.675. The van der Waals surface area contributed by atoms with Crippen molar-refractivity contribution in [3.63, 3.8) is 0 Å². The van der Waals surface area contributed by atoms with Gasteiger partial charge in [0.25, 0.3) is 0 Å². The van der Waals surface area contributed by atoms with Gasteiger partial charge in [0.1, 0.15) is 0 Å². The lowest BCUT2D eigenvalue weighted by Crippen LogP contribution is -2.38. The highest BCUT2D eigenvalue weighted by Crippen LogP contribution is 2.24. The Hall–Kier alpha value is -1.32. The summed E-state index contributed by atoms with van der Waals surface area (Å²) in [6.45, 7) is 9.64. The first-order chi connectivity index (χ1) is 12.6. The molecule has 1 amide bonds. The largest absolute Gasteiger partial charge is 0.378 e. The van der Waals surface area contributed by atoms with Crippen molar-refractivity contribution >= 4 is 23.6 Å². The molecule has 9 heteroatoms. The number of aromatic nitrogens is 3. The molecule has 1 aromatic rings. The Kier molecular flexibility index (Phi) is 7.15. The van der Waals surface area contributed by atoms with Crippen LogP contribution >= 0.6 is 11.8 Å². The number of nitrogens with one attached hydrogen (secondary N) is 1. The van der Waals surface area contributed by atoms with Crippen LogP contribution in [-0.4, -0.2) is 72.0 Å². The number of carbonyl (C=O) groups excluding carboxylic acids is 1. The van der Waals surface area contributed by atoms with Crippen LogP contribution in [0.3, 0.4) is 0 Å². The Morgan fingerprint density at radius 3 is 2.81 bits per heavy atom. The molecule has 0 radical (unpaired) electrons. The Bertz CT molecular complexity index is 583. The molecule has 2 saturated heterocycles. The average molecular weight is 384 g/mol. The lowest BCUT2D eigenvalue weighted by Gasteiger charge is -2.28. The first-order valence-corrected chi connectivity index (χ1v) is 10.4. The SMILES string of the molecule is CC(C)Cn1c(SCC(=O)NC[C@H]2CCCO2)nnc1N1CCOCC1. The van der Waals surface area contributed by atoms with Gasteiger partial charge in [0.2, 0.25) is 11.9 Å². The minimum atomic E-state index is 0.0116. The van der Waals surface area contributed by atoms with E-state index in [1.807, 2.05) is 0 Å². The summed E-state index contributed by atoms with van der Waals surface area (Å²) in [5.41, 5.74) is 0. The smallest absolute Gasteiger partial charge is 0.230 e. The zero-order chi connectivity index (χ0) is 18.4. The molecule has 0 spiro atoms. The van der Waals surface area contributed by atoms with E-state index in [1.54, 1.807) is 0 Å². The number of hydrogen-bond donors (Lipinski definition) is 1. The molecule has 0 unspecified atom stereocenters. The van der Waals surface area contributed by atoms with Crippen LogP contribution in [0.15, 0.2) is 5.16 Å². The van der Waals surface area contributed by atoms with Gasteiger partial charge in [-0.3, -0.25) is 9.36 Å². The topological polar surface area (TPSA) is 81.5 Å². The highest BCUT2D eigenvalue weighted by Gasteiger charge is 2.22. The zero-order valence-corrected chi connectivity index (χ0v) is 16.5. The summed E-state index contributed by atoms with van der Waals surface area (Å²) in [4.78, 5) is 14.4. The molecule has 2 aliphatic rings.